The Morgan fingerprint density at radius 3 is 2.55 bits per heavy atom. The zero-order valence-corrected chi connectivity index (χ0v) is 19.9. The van der Waals surface area contributed by atoms with E-state index in [4.69, 9.17) is 4.74 Å². The average Bonchev–Trinajstić information content (AvgIpc) is 3.21. The van der Waals surface area contributed by atoms with Gasteiger partial charge in [-0.25, -0.2) is 4.79 Å². The second kappa shape index (κ2) is 9.69. The molecule has 1 unspecified atom stereocenters. The number of piperidine rings is 1. The van der Waals surface area contributed by atoms with Crippen LogP contribution < -0.4 is 10.1 Å². The van der Waals surface area contributed by atoms with Crippen LogP contribution >= 0.6 is 0 Å². The van der Waals surface area contributed by atoms with Crippen LogP contribution in [0.5, 0.6) is 5.88 Å². The molecule has 0 radical (unpaired) electrons. The molecule has 2 bridgehead atoms. The van der Waals surface area contributed by atoms with Gasteiger partial charge in [-0.3, -0.25) is 14.4 Å². The molecule has 2 aliphatic heterocycles. The Bertz CT molecular complexity index is 992. The number of para-hydroxylation sites is 1. The van der Waals surface area contributed by atoms with Crippen LogP contribution in [0.3, 0.4) is 0 Å². The van der Waals surface area contributed by atoms with Crippen LogP contribution in [0.2, 0.25) is 0 Å². The number of rotatable bonds is 7. The number of carbonyl (C=O) groups is 2. The Kier molecular flexibility index (Phi) is 6.90. The van der Waals surface area contributed by atoms with Gasteiger partial charge in [0.25, 0.3) is 5.88 Å². The smallest absolute Gasteiger partial charge is 0.390 e. The Hall–Kier alpha value is -2.65. The standard InChI is InChI=1S/C24H35N5O4/c1-15(2)29-22-8-6-5-7-21(22)23(26-29)33-24(32)25-17-11-18-9-10-19(12-17)28(18)14-20(31)13-27(4)16(3)30/h5-8,15,17-20,31H,9-14H2,1-4H3,(H,25,32)/t17-,18-,19+,20?. The van der Waals surface area contributed by atoms with Crippen LogP contribution in [-0.4, -0.2) is 81.1 Å². The van der Waals surface area contributed by atoms with Gasteiger partial charge in [0.2, 0.25) is 5.91 Å². The SMILES string of the molecule is CC(=O)N(C)CC(O)CN1[C@@H]2CC[C@H]1C[C@H](NC(=O)Oc1nn(C(C)C)c3ccccc13)C2. The predicted octanol–water partition coefficient (Wildman–Crippen LogP) is 2.54. The van der Waals surface area contributed by atoms with E-state index in [1.807, 2.05) is 42.8 Å². The van der Waals surface area contributed by atoms with Crippen molar-refractivity contribution in [2.24, 2.45) is 0 Å². The number of amides is 2. The summed E-state index contributed by atoms with van der Waals surface area (Å²) in [4.78, 5) is 28.0. The molecule has 2 N–H and O–H groups in total. The maximum atomic E-state index is 12.7. The van der Waals surface area contributed by atoms with Gasteiger partial charge in [0.15, 0.2) is 0 Å². The summed E-state index contributed by atoms with van der Waals surface area (Å²) < 4.78 is 7.50. The lowest BCUT2D eigenvalue weighted by molar-refractivity contribution is -0.129. The fourth-order valence-corrected chi connectivity index (χ4v) is 5.25. The largest absolute Gasteiger partial charge is 0.414 e. The number of hydrogen-bond donors (Lipinski definition) is 2. The topological polar surface area (TPSA) is 99.9 Å². The molecule has 1 aromatic heterocycles. The first-order valence-corrected chi connectivity index (χ1v) is 11.8. The fourth-order valence-electron chi connectivity index (χ4n) is 5.25. The molecular formula is C24H35N5O4. The summed E-state index contributed by atoms with van der Waals surface area (Å²) in [6.07, 6.45) is 2.69. The minimum absolute atomic E-state index is 0.0294. The Morgan fingerprint density at radius 2 is 1.91 bits per heavy atom. The van der Waals surface area contributed by atoms with Gasteiger partial charge in [0, 0.05) is 51.2 Å². The molecule has 1 aromatic carbocycles. The summed E-state index contributed by atoms with van der Waals surface area (Å²) in [7, 11) is 1.70. The first-order valence-electron chi connectivity index (χ1n) is 11.8. The first-order chi connectivity index (χ1) is 15.7. The number of aliphatic hydroxyl groups is 1. The van der Waals surface area contributed by atoms with Gasteiger partial charge in [-0.05, 0) is 51.7 Å². The summed E-state index contributed by atoms with van der Waals surface area (Å²) in [5, 5.41) is 18.8. The van der Waals surface area contributed by atoms with Crippen LogP contribution in [0, 0.1) is 0 Å². The van der Waals surface area contributed by atoms with E-state index in [-0.39, 0.29) is 18.0 Å². The molecule has 33 heavy (non-hydrogen) atoms. The zero-order chi connectivity index (χ0) is 23.7. The molecule has 2 saturated heterocycles. The molecule has 9 nitrogen and oxygen atoms in total. The van der Waals surface area contributed by atoms with Crippen molar-refractivity contribution in [2.75, 3.05) is 20.1 Å². The molecule has 180 valence electrons. The maximum Gasteiger partial charge on any atom is 0.414 e. The van der Waals surface area contributed by atoms with Crippen molar-refractivity contribution in [3.8, 4) is 5.88 Å². The lowest BCUT2D eigenvalue weighted by Gasteiger charge is -2.40. The van der Waals surface area contributed by atoms with Crippen LogP contribution in [-0.2, 0) is 4.79 Å². The number of benzene rings is 1. The monoisotopic (exact) mass is 457 g/mol. The van der Waals surface area contributed by atoms with E-state index >= 15 is 0 Å². The van der Waals surface area contributed by atoms with Gasteiger partial charge in [-0.2, -0.15) is 0 Å². The van der Waals surface area contributed by atoms with Crippen LogP contribution in [0.4, 0.5) is 4.79 Å². The molecule has 0 spiro atoms. The van der Waals surface area contributed by atoms with Crippen molar-refractivity contribution < 1.29 is 19.4 Å². The summed E-state index contributed by atoms with van der Waals surface area (Å²) in [5.41, 5.74) is 0.940. The summed E-state index contributed by atoms with van der Waals surface area (Å²) in [5.74, 6) is 0.277. The summed E-state index contributed by atoms with van der Waals surface area (Å²) in [6.45, 7) is 6.46. The minimum atomic E-state index is -0.583. The van der Waals surface area contributed by atoms with Gasteiger partial charge >= 0.3 is 6.09 Å². The number of aliphatic hydroxyl groups excluding tert-OH is 1. The zero-order valence-electron chi connectivity index (χ0n) is 19.9. The van der Waals surface area contributed by atoms with E-state index in [1.54, 1.807) is 11.9 Å². The lowest BCUT2D eigenvalue weighted by atomic mass is 9.97. The number of nitrogens with one attached hydrogen (secondary N) is 1. The van der Waals surface area contributed by atoms with Crippen LogP contribution in [0.25, 0.3) is 10.9 Å². The van der Waals surface area contributed by atoms with Crippen molar-refractivity contribution in [3.63, 3.8) is 0 Å². The van der Waals surface area contributed by atoms with Gasteiger partial charge < -0.3 is 20.1 Å². The molecular weight excluding hydrogens is 422 g/mol. The third-order valence-electron chi connectivity index (χ3n) is 6.91. The molecule has 2 amide bonds. The Morgan fingerprint density at radius 1 is 1.24 bits per heavy atom. The van der Waals surface area contributed by atoms with Crippen LogP contribution in [0.1, 0.15) is 52.5 Å². The number of hydrogen-bond acceptors (Lipinski definition) is 6. The predicted molar refractivity (Wildman–Crippen MR) is 125 cm³/mol. The van der Waals surface area contributed by atoms with Gasteiger partial charge in [-0.15, -0.1) is 5.10 Å². The van der Waals surface area contributed by atoms with Crippen molar-refractivity contribution in [2.45, 2.75) is 76.7 Å². The highest BCUT2D eigenvalue weighted by molar-refractivity contribution is 5.87. The molecule has 2 aliphatic rings. The highest BCUT2D eigenvalue weighted by Crippen LogP contribution is 2.36. The Balaban J connectivity index is 1.34. The summed E-state index contributed by atoms with van der Waals surface area (Å²) in [6, 6.07) is 8.56. The molecule has 0 saturated carbocycles. The van der Waals surface area contributed by atoms with E-state index in [0.29, 0.717) is 31.1 Å². The number of ether oxygens (including phenoxy) is 1. The fraction of sp³-hybridized carbons (Fsp3) is 0.625. The van der Waals surface area contributed by atoms with E-state index in [9.17, 15) is 14.7 Å². The van der Waals surface area contributed by atoms with E-state index < -0.39 is 12.2 Å². The van der Waals surface area contributed by atoms with Gasteiger partial charge in [0.1, 0.15) is 0 Å². The quantitative estimate of drug-likeness (QED) is 0.663. The maximum absolute atomic E-state index is 12.7. The molecule has 4 rings (SSSR count). The Labute approximate surface area is 194 Å². The number of aromatic nitrogens is 2. The average molecular weight is 458 g/mol. The number of likely N-dealkylation sites (N-methyl/N-ethyl adjacent to an activating group) is 1. The minimum Gasteiger partial charge on any atom is -0.390 e. The van der Waals surface area contributed by atoms with Gasteiger partial charge in [0.05, 0.1) is 17.0 Å². The molecule has 9 heteroatoms. The lowest BCUT2D eigenvalue weighted by Crippen LogP contribution is -2.53. The second-order valence-corrected chi connectivity index (χ2v) is 9.70. The second-order valence-electron chi connectivity index (χ2n) is 9.70. The van der Waals surface area contributed by atoms with E-state index in [2.05, 4.69) is 15.3 Å². The van der Waals surface area contributed by atoms with Crippen molar-refractivity contribution in [1.29, 1.82) is 0 Å². The highest BCUT2D eigenvalue weighted by atomic mass is 16.6. The molecule has 0 aliphatic carbocycles. The molecule has 2 aromatic rings. The van der Waals surface area contributed by atoms with Gasteiger partial charge in [-0.1, -0.05) is 12.1 Å². The molecule has 4 atom stereocenters. The number of carbonyl (C=O) groups excluding carboxylic acids is 2. The van der Waals surface area contributed by atoms with Crippen LogP contribution in [0.15, 0.2) is 24.3 Å². The molecule has 3 heterocycles. The normalized spacial score (nSPS) is 23.6. The summed E-state index contributed by atoms with van der Waals surface area (Å²) >= 11 is 0. The van der Waals surface area contributed by atoms with Crippen molar-refractivity contribution >= 4 is 22.9 Å². The third kappa shape index (κ3) is 5.14. The highest BCUT2D eigenvalue weighted by Gasteiger charge is 2.42. The van der Waals surface area contributed by atoms with E-state index in [0.717, 1.165) is 36.6 Å². The van der Waals surface area contributed by atoms with Crippen molar-refractivity contribution in [3.05, 3.63) is 24.3 Å². The first kappa shape index (κ1) is 23.5. The van der Waals surface area contributed by atoms with Crippen molar-refractivity contribution in [1.82, 2.24) is 24.9 Å². The van der Waals surface area contributed by atoms with E-state index in [1.165, 1.54) is 6.92 Å². The molecule has 2 fully saturated rings. The third-order valence-corrected chi connectivity index (χ3v) is 6.91. The number of fused-ring (bicyclic) bond motifs is 3. The number of nitrogens with zero attached hydrogens (tertiary/aromatic N) is 4.